The maximum absolute atomic E-state index is 5.88. The Hall–Kier alpha value is -2.80. The lowest BCUT2D eigenvalue weighted by Crippen LogP contribution is -1.97. The molecule has 0 fully saturated rings. The SMILES string of the molecule is CCCCCCCCCCOc1ccc(N=Nc2nnc(-c3ccc(OCCCCCCCC)cc3)s2)cc1. The predicted molar refractivity (Wildman–Crippen MR) is 163 cm³/mol. The number of azo groups is 1. The van der Waals surface area contributed by atoms with Crippen LogP contribution in [-0.2, 0) is 0 Å². The van der Waals surface area contributed by atoms with Crippen LogP contribution in [0, 0.1) is 0 Å². The molecule has 39 heavy (non-hydrogen) atoms. The first kappa shape index (κ1) is 30.7. The highest BCUT2D eigenvalue weighted by Crippen LogP contribution is 2.30. The van der Waals surface area contributed by atoms with Gasteiger partial charge in [-0.3, -0.25) is 0 Å². The molecule has 0 unspecified atom stereocenters. The maximum Gasteiger partial charge on any atom is 0.252 e. The second-order valence-corrected chi connectivity index (χ2v) is 11.0. The van der Waals surface area contributed by atoms with Crippen LogP contribution in [0.25, 0.3) is 10.6 Å². The Kier molecular flexibility index (Phi) is 15.2. The third-order valence-corrected chi connectivity index (χ3v) is 7.49. The molecule has 1 heterocycles. The van der Waals surface area contributed by atoms with Crippen molar-refractivity contribution < 1.29 is 9.47 Å². The third-order valence-electron chi connectivity index (χ3n) is 6.64. The van der Waals surface area contributed by atoms with Crippen molar-refractivity contribution in [3.63, 3.8) is 0 Å². The molecule has 0 aliphatic rings. The van der Waals surface area contributed by atoms with E-state index in [1.165, 1.54) is 88.4 Å². The fourth-order valence-electron chi connectivity index (χ4n) is 4.27. The number of benzene rings is 2. The number of hydrogen-bond donors (Lipinski definition) is 0. The Morgan fingerprint density at radius 1 is 0.564 bits per heavy atom. The molecule has 1 aromatic heterocycles. The molecular formula is C32H46N4O2S. The minimum Gasteiger partial charge on any atom is -0.494 e. The monoisotopic (exact) mass is 550 g/mol. The van der Waals surface area contributed by atoms with Gasteiger partial charge in [-0.25, -0.2) is 0 Å². The van der Waals surface area contributed by atoms with Crippen LogP contribution < -0.4 is 9.47 Å². The standard InChI is InChI=1S/C32H46N4O2S/c1-3-5-7-9-11-12-14-16-26-38-30-23-19-28(20-24-30)33-35-32-36-34-31(39-32)27-17-21-29(22-18-27)37-25-15-13-10-8-6-4-2/h17-24H,3-16,25-26H2,1-2H3. The summed E-state index contributed by atoms with van der Waals surface area (Å²) < 4.78 is 11.8. The average molecular weight is 551 g/mol. The number of nitrogens with zero attached hydrogens (tertiary/aromatic N) is 4. The smallest absolute Gasteiger partial charge is 0.252 e. The molecule has 0 atom stereocenters. The van der Waals surface area contributed by atoms with Crippen LogP contribution in [0.15, 0.2) is 58.8 Å². The summed E-state index contributed by atoms with van der Waals surface area (Å²) in [6.45, 7) is 6.03. The number of aromatic nitrogens is 2. The molecule has 3 rings (SSSR count). The molecular weight excluding hydrogens is 504 g/mol. The van der Waals surface area contributed by atoms with E-state index in [1.54, 1.807) is 0 Å². The van der Waals surface area contributed by atoms with E-state index in [0.717, 1.165) is 53.8 Å². The number of rotatable bonds is 21. The first-order valence-corrected chi connectivity index (χ1v) is 15.8. The van der Waals surface area contributed by atoms with Gasteiger partial charge in [-0.1, -0.05) is 102 Å². The summed E-state index contributed by atoms with van der Waals surface area (Å²) in [5.74, 6) is 1.76. The van der Waals surface area contributed by atoms with Gasteiger partial charge in [0.15, 0.2) is 0 Å². The van der Waals surface area contributed by atoms with Gasteiger partial charge in [-0.15, -0.1) is 20.4 Å². The molecule has 6 nitrogen and oxygen atoms in total. The first-order valence-electron chi connectivity index (χ1n) is 15.0. The van der Waals surface area contributed by atoms with Gasteiger partial charge in [0.05, 0.1) is 18.9 Å². The van der Waals surface area contributed by atoms with E-state index in [-0.39, 0.29) is 0 Å². The molecule has 212 valence electrons. The van der Waals surface area contributed by atoms with Crippen LogP contribution >= 0.6 is 11.3 Å². The Bertz CT molecular complexity index is 1050. The third kappa shape index (κ3) is 12.7. The van der Waals surface area contributed by atoms with Crippen LogP contribution in [0.1, 0.15) is 104 Å². The zero-order valence-corrected chi connectivity index (χ0v) is 24.8. The molecule has 0 spiro atoms. The van der Waals surface area contributed by atoms with Crippen LogP contribution in [0.3, 0.4) is 0 Å². The molecule has 0 saturated heterocycles. The molecule has 0 aliphatic carbocycles. The summed E-state index contributed by atoms with van der Waals surface area (Å²) in [4.78, 5) is 0. The highest BCUT2D eigenvalue weighted by Gasteiger charge is 2.07. The Morgan fingerprint density at radius 3 is 1.59 bits per heavy atom. The van der Waals surface area contributed by atoms with E-state index >= 15 is 0 Å². The summed E-state index contributed by atoms with van der Waals surface area (Å²) in [6, 6.07) is 15.7. The Balaban J connectivity index is 1.34. The highest BCUT2D eigenvalue weighted by molar-refractivity contribution is 7.18. The van der Waals surface area contributed by atoms with Crippen molar-refractivity contribution in [3.05, 3.63) is 48.5 Å². The van der Waals surface area contributed by atoms with Gasteiger partial charge in [-0.05, 0) is 61.4 Å². The quantitative estimate of drug-likeness (QED) is 0.0977. The molecule has 3 aromatic rings. The largest absolute Gasteiger partial charge is 0.494 e. The first-order chi connectivity index (χ1) is 19.3. The minimum atomic E-state index is 0.531. The summed E-state index contributed by atoms with van der Waals surface area (Å²) in [5.41, 5.74) is 1.76. The minimum absolute atomic E-state index is 0.531. The van der Waals surface area contributed by atoms with E-state index in [2.05, 4.69) is 34.3 Å². The van der Waals surface area contributed by atoms with Crippen LogP contribution in [0.5, 0.6) is 11.5 Å². The summed E-state index contributed by atoms with van der Waals surface area (Å²) in [6.07, 6.45) is 18.0. The van der Waals surface area contributed by atoms with Gasteiger partial charge in [0.1, 0.15) is 16.5 Å². The fourth-order valence-corrected chi connectivity index (χ4v) is 4.95. The van der Waals surface area contributed by atoms with E-state index in [1.807, 2.05) is 48.5 Å². The molecule has 0 radical (unpaired) electrons. The molecule has 0 saturated carbocycles. The van der Waals surface area contributed by atoms with Crippen molar-refractivity contribution in [3.8, 4) is 22.1 Å². The van der Waals surface area contributed by atoms with Gasteiger partial charge in [0.25, 0.3) is 5.13 Å². The van der Waals surface area contributed by atoms with E-state index in [9.17, 15) is 0 Å². The van der Waals surface area contributed by atoms with Crippen molar-refractivity contribution in [1.29, 1.82) is 0 Å². The van der Waals surface area contributed by atoms with Gasteiger partial charge in [0, 0.05) is 5.56 Å². The number of hydrogen-bond acceptors (Lipinski definition) is 7. The maximum atomic E-state index is 5.88. The average Bonchev–Trinajstić information content (AvgIpc) is 3.45. The summed E-state index contributed by atoms with van der Waals surface area (Å²) in [5, 5.41) is 18.4. The second-order valence-electron chi connectivity index (χ2n) is 10.0. The van der Waals surface area contributed by atoms with Crippen molar-refractivity contribution in [2.75, 3.05) is 13.2 Å². The van der Waals surface area contributed by atoms with Crippen LogP contribution in [-0.4, -0.2) is 23.4 Å². The summed E-state index contributed by atoms with van der Waals surface area (Å²) in [7, 11) is 0. The normalized spacial score (nSPS) is 11.3. The molecule has 0 amide bonds. The van der Waals surface area contributed by atoms with Gasteiger partial charge >= 0.3 is 0 Å². The van der Waals surface area contributed by atoms with Crippen molar-refractivity contribution in [2.24, 2.45) is 10.2 Å². The van der Waals surface area contributed by atoms with Crippen LogP contribution in [0.2, 0.25) is 0 Å². The highest BCUT2D eigenvalue weighted by atomic mass is 32.1. The molecule has 2 aromatic carbocycles. The van der Waals surface area contributed by atoms with E-state index < -0.39 is 0 Å². The Labute approximate surface area is 239 Å². The zero-order chi connectivity index (χ0) is 27.4. The van der Waals surface area contributed by atoms with Crippen LogP contribution in [0.4, 0.5) is 10.8 Å². The number of ether oxygens (including phenoxy) is 2. The molecule has 7 heteroatoms. The van der Waals surface area contributed by atoms with Crippen molar-refractivity contribution in [1.82, 2.24) is 10.2 Å². The lowest BCUT2D eigenvalue weighted by Gasteiger charge is -2.06. The van der Waals surface area contributed by atoms with Crippen molar-refractivity contribution >= 4 is 22.2 Å². The zero-order valence-electron chi connectivity index (χ0n) is 23.9. The van der Waals surface area contributed by atoms with Gasteiger partial charge < -0.3 is 9.47 Å². The van der Waals surface area contributed by atoms with Crippen molar-refractivity contribution in [2.45, 2.75) is 104 Å². The van der Waals surface area contributed by atoms with Gasteiger partial charge in [0.2, 0.25) is 0 Å². The lowest BCUT2D eigenvalue weighted by molar-refractivity contribution is 0.304. The molecule has 0 bridgehead atoms. The second kappa shape index (κ2) is 19.3. The predicted octanol–water partition coefficient (Wildman–Crippen LogP) is 10.9. The summed E-state index contributed by atoms with van der Waals surface area (Å²) >= 11 is 1.42. The fraction of sp³-hybridized carbons (Fsp3) is 0.562. The topological polar surface area (TPSA) is 69.0 Å². The van der Waals surface area contributed by atoms with Gasteiger partial charge in [-0.2, -0.15) is 0 Å². The molecule has 0 aliphatic heterocycles. The molecule has 0 N–H and O–H groups in total. The number of unbranched alkanes of at least 4 members (excludes halogenated alkanes) is 12. The Morgan fingerprint density at radius 2 is 1.05 bits per heavy atom. The lowest BCUT2D eigenvalue weighted by atomic mass is 10.1. The van der Waals surface area contributed by atoms with E-state index in [0.29, 0.717) is 5.13 Å². The van der Waals surface area contributed by atoms with E-state index in [4.69, 9.17) is 9.47 Å².